The summed E-state index contributed by atoms with van der Waals surface area (Å²) < 4.78 is 1.67. The molecule has 3 aromatic heterocycles. The third-order valence-corrected chi connectivity index (χ3v) is 3.42. The number of rotatable bonds is 2. The lowest BCUT2D eigenvalue weighted by molar-refractivity contribution is 0.480. The summed E-state index contributed by atoms with van der Waals surface area (Å²) in [5, 5.41) is 19.1. The van der Waals surface area contributed by atoms with Crippen LogP contribution in [0, 0.1) is 0 Å². The van der Waals surface area contributed by atoms with Gasteiger partial charge in [0.2, 0.25) is 0 Å². The average Bonchev–Trinajstić information content (AvgIpc) is 3.06. The zero-order valence-electron chi connectivity index (χ0n) is 11.5. The summed E-state index contributed by atoms with van der Waals surface area (Å²) in [5.74, 6) is 0.145. The molecule has 0 unspecified atom stereocenters. The zero-order valence-corrected chi connectivity index (χ0v) is 11.5. The van der Waals surface area contributed by atoms with Crippen LogP contribution in [0.15, 0.2) is 61.2 Å². The monoisotopic (exact) mass is 289 g/mol. The lowest BCUT2D eigenvalue weighted by Gasteiger charge is -2.06. The van der Waals surface area contributed by atoms with Crippen molar-refractivity contribution in [1.82, 2.24) is 25.0 Å². The van der Waals surface area contributed by atoms with Crippen molar-refractivity contribution in [3.05, 3.63) is 61.2 Å². The van der Waals surface area contributed by atoms with E-state index < -0.39 is 0 Å². The highest BCUT2D eigenvalue weighted by Crippen LogP contribution is 2.28. The van der Waals surface area contributed by atoms with Crippen LogP contribution in [0.1, 0.15) is 0 Å². The Labute approximate surface area is 125 Å². The molecule has 4 aromatic rings. The number of nitrogens with zero attached hydrogens (tertiary/aromatic N) is 5. The Morgan fingerprint density at radius 1 is 1.00 bits per heavy atom. The Bertz CT molecular complexity index is 949. The molecule has 0 radical (unpaired) electrons. The molecule has 4 rings (SSSR count). The summed E-state index contributed by atoms with van der Waals surface area (Å²) in [5.41, 5.74) is 2.98. The molecule has 0 bridgehead atoms. The largest absolute Gasteiger partial charge is 0.506 e. The molecule has 0 aliphatic heterocycles. The molecule has 1 N–H and O–H groups in total. The second-order valence-corrected chi connectivity index (χ2v) is 4.79. The second kappa shape index (κ2) is 4.92. The summed E-state index contributed by atoms with van der Waals surface area (Å²) in [6, 6.07) is 10.9. The van der Waals surface area contributed by atoms with Gasteiger partial charge in [-0.3, -0.25) is 9.97 Å². The van der Waals surface area contributed by atoms with Crippen LogP contribution in [0.2, 0.25) is 0 Å². The van der Waals surface area contributed by atoms with E-state index in [0.717, 1.165) is 22.3 Å². The van der Waals surface area contributed by atoms with Crippen LogP contribution < -0.4 is 0 Å². The van der Waals surface area contributed by atoms with E-state index in [4.69, 9.17) is 0 Å². The number of benzene rings is 1. The van der Waals surface area contributed by atoms with Crippen LogP contribution >= 0.6 is 0 Å². The summed E-state index contributed by atoms with van der Waals surface area (Å²) >= 11 is 0. The summed E-state index contributed by atoms with van der Waals surface area (Å²) in [4.78, 5) is 8.29. The minimum absolute atomic E-state index is 0.145. The first-order valence-corrected chi connectivity index (χ1v) is 6.73. The topological polar surface area (TPSA) is 76.7 Å². The van der Waals surface area contributed by atoms with Gasteiger partial charge in [-0.25, -0.2) is 4.68 Å². The van der Waals surface area contributed by atoms with E-state index in [2.05, 4.69) is 20.3 Å². The van der Waals surface area contributed by atoms with Crippen molar-refractivity contribution >= 4 is 10.9 Å². The Morgan fingerprint density at radius 3 is 2.77 bits per heavy atom. The number of fused-ring (bicyclic) bond motifs is 1. The first-order valence-electron chi connectivity index (χ1n) is 6.73. The summed E-state index contributed by atoms with van der Waals surface area (Å²) in [6.07, 6.45) is 6.93. The van der Waals surface area contributed by atoms with Gasteiger partial charge in [-0.2, -0.15) is 0 Å². The predicted octanol–water partition coefficient (Wildman–Crippen LogP) is 2.58. The van der Waals surface area contributed by atoms with Gasteiger partial charge in [-0.05, 0) is 36.4 Å². The molecule has 0 saturated carbocycles. The van der Waals surface area contributed by atoms with Crippen LogP contribution in [-0.4, -0.2) is 30.1 Å². The van der Waals surface area contributed by atoms with Gasteiger partial charge in [0.1, 0.15) is 17.0 Å². The van der Waals surface area contributed by atoms with Gasteiger partial charge in [0.15, 0.2) is 0 Å². The summed E-state index contributed by atoms with van der Waals surface area (Å²) in [7, 11) is 0. The smallest absolute Gasteiger partial charge is 0.141 e. The van der Waals surface area contributed by atoms with Crippen molar-refractivity contribution in [3.8, 4) is 22.7 Å². The fourth-order valence-electron chi connectivity index (χ4n) is 2.37. The highest BCUT2D eigenvalue weighted by molar-refractivity contribution is 5.91. The van der Waals surface area contributed by atoms with Gasteiger partial charge in [0.25, 0.3) is 0 Å². The first kappa shape index (κ1) is 12.5. The molecule has 6 heteroatoms. The number of phenolic OH excluding ortho intramolecular Hbond substituents is 1. The number of aromatic hydroxyl groups is 1. The molecule has 22 heavy (non-hydrogen) atoms. The number of hydrogen-bond donors (Lipinski definition) is 1. The Hall–Kier alpha value is -3.28. The average molecular weight is 289 g/mol. The Kier molecular flexibility index (Phi) is 2.79. The maximum absolute atomic E-state index is 9.91. The fraction of sp³-hybridized carbons (Fsp3) is 0. The van der Waals surface area contributed by atoms with Crippen molar-refractivity contribution in [1.29, 1.82) is 0 Å². The molecule has 6 nitrogen and oxygen atoms in total. The van der Waals surface area contributed by atoms with Gasteiger partial charge in [0.05, 0.1) is 11.9 Å². The normalized spacial score (nSPS) is 10.9. The van der Waals surface area contributed by atoms with Gasteiger partial charge < -0.3 is 5.11 Å². The molecule has 0 aliphatic rings. The first-order chi connectivity index (χ1) is 10.8. The van der Waals surface area contributed by atoms with Crippen LogP contribution in [0.3, 0.4) is 0 Å². The minimum atomic E-state index is 0.145. The van der Waals surface area contributed by atoms with Crippen molar-refractivity contribution in [3.63, 3.8) is 0 Å². The molecule has 106 valence electrons. The Morgan fingerprint density at radius 2 is 1.91 bits per heavy atom. The third-order valence-electron chi connectivity index (χ3n) is 3.42. The third kappa shape index (κ3) is 1.98. The lowest BCUT2D eigenvalue weighted by atomic mass is 10.1. The van der Waals surface area contributed by atoms with Crippen molar-refractivity contribution < 1.29 is 5.11 Å². The van der Waals surface area contributed by atoms with Gasteiger partial charge in [-0.1, -0.05) is 5.21 Å². The van der Waals surface area contributed by atoms with E-state index in [9.17, 15) is 5.11 Å². The number of pyridine rings is 2. The Balaban J connectivity index is 1.87. The molecular weight excluding hydrogens is 278 g/mol. The van der Waals surface area contributed by atoms with E-state index in [-0.39, 0.29) is 5.75 Å². The molecule has 0 aliphatic carbocycles. The molecule has 0 amide bonds. The minimum Gasteiger partial charge on any atom is -0.506 e. The maximum atomic E-state index is 9.91. The van der Waals surface area contributed by atoms with Gasteiger partial charge >= 0.3 is 0 Å². The predicted molar refractivity (Wildman–Crippen MR) is 81.6 cm³/mol. The highest BCUT2D eigenvalue weighted by Gasteiger charge is 2.10. The molecule has 0 spiro atoms. The summed E-state index contributed by atoms with van der Waals surface area (Å²) in [6.45, 7) is 0. The van der Waals surface area contributed by atoms with Gasteiger partial charge in [0, 0.05) is 29.5 Å². The lowest BCUT2D eigenvalue weighted by Crippen LogP contribution is -1.96. The number of phenols is 1. The van der Waals surface area contributed by atoms with E-state index >= 15 is 0 Å². The van der Waals surface area contributed by atoms with E-state index in [0.29, 0.717) is 5.52 Å². The van der Waals surface area contributed by atoms with Crippen LogP contribution in [0.25, 0.3) is 27.8 Å². The van der Waals surface area contributed by atoms with Crippen LogP contribution in [0.5, 0.6) is 5.75 Å². The fourth-order valence-corrected chi connectivity index (χ4v) is 2.37. The van der Waals surface area contributed by atoms with Crippen molar-refractivity contribution in [2.45, 2.75) is 0 Å². The SMILES string of the molecule is Oc1ccc(-n2cc(-c3cccnc3)nn2)c2cccnc12. The number of hydrogen-bond acceptors (Lipinski definition) is 5. The van der Waals surface area contributed by atoms with E-state index in [1.807, 2.05) is 30.5 Å². The highest BCUT2D eigenvalue weighted by atomic mass is 16.3. The molecule has 0 atom stereocenters. The molecular formula is C16H11N5O. The van der Waals surface area contributed by atoms with Gasteiger partial charge in [-0.15, -0.1) is 5.10 Å². The molecule has 1 aromatic carbocycles. The molecule has 0 saturated heterocycles. The quantitative estimate of drug-likeness (QED) is 0.613. The van der Waals surface area contributed by atoms with Crippen molar-refractivity contribution in [2.75, 3.05) is 0 Å². The zero-order chi connectivity index (χ0) is 14.9. The number of aromatic nitrogens is 5. The maximum Gasteiger partial charge on any atom is 0.141 e. The van der Waals surface area contributed by atoms with E-state index in [1.54, 1.807) is 35.4 Å². The second-order valence-electron chi connectivity index (χ2n) is 4.79. The standard InChI is InChI=1S/C16H11N5O/c22-15-6-5-14(12-4-2-8-18-16(12)15)21-10-13(19-20-21)11-3-1-7-17-9-11/h1-10,22H. The molecule has 0 fully saturated rings. The molecule has 3 heterocycles. The van der Waals surface area contributed by atoms with E-state index in [1.165, 1.54) is 0 Å². The van der Waals surface area contributed by atoms with Crippen LogP contribution in [0.4, 0.5) is 0 Å². The van der Waals surface area contributed by atoms with Crippen molar-refractivity contribution in [2.24, 2.45) is 0 Å². The van der Waals surface area contributed by atoms with Crippen LogP contribution in [-0.2, 0) is 0 Å².